The molecule has 1 fully saturated rings. The summed E-state index contributed by atoms with van der Waals surface area (Å²) in [5.74, 6) is 0.447. The van der Waals surface area contributed by atoms with Crippen LogP contribution in [0.15, 0.2) is 22.8 Å². The van der Waals surface area contributed by atoms with E-state index in [9.17, 15) is 5.11 Å². The van der Waals surface area contributed by atoms with E-state index in [0.717, 1.165) is 16.6 Å². The van der Waals surface area contributed by atoms with Gasteiger partial charge in [-0.2, -0.15) is 0 Å². The molecule has 0 aromatic carbocycles. The van der Waals surface area contributed by atoms with Crippen LogP contribution in [0.2, 0.25) is 0 Å². The van der Waals surface area contributed by atoms with Crippen LogP contribution in [0, 0.1) is 11.3 Å². The van der Waals surface area contributed by atoms with Gasteiger partial charge in [0, 0.05) is 22.8 Å². The van der Waals surface area contributed by atoms with Crippen molar-refractivity contribution in [1.29, 1.82) is 0 Å². The van der Waals surface area contributed by atoms with Crippen LogP contribution < -0.4 is 0 Å². The van der Waals surface area contributed by atoms with E-state index in [-0.39, 0.29) is 6.10 Å². The number of rotatable bonds is 3. The van der Waals surface area contributed by atoms with E-state index < -0.39 is 0 Å². The van der Waals surface area contributed by atoms with E-state index >= 15 is 0 Å². The van der Waals surface area contributed by atoms with Crippen LogP contribution in [-0.2, 0) is 6.42 Å². The quantitative estimate of drug-likeness (QED) is 0.916. The molecule has 2 atom stereocenters. The molecule has 1 N–H and O–H groups in total. The summed E-state index contributed by atoms with van der Waals surface area (Å²) >= 11 is 3.35. The normalized spacial score (nSPS) is 24.9. The molecule has 1 saturated carbocycles. The number of halogens is 1. The molecule has 2 unspecified atom stereocenters. The summed E-state index contributed by atoms with van der Waals surface area (Å²) in [4.78, 5) is 4.27. The molecule has 0 bridgehead atoms. The molecule has 1 aromatic heterocycles. The predicted octanol–water partition coefficient (Wildman–Crippen LogP) is 2.79. The summed E-state index contributed by atoms with van der Waals surface area (Å²) in [7, 11) is 0. The maximum atomic E-state index is 10.00. The average Bonchev–Trinajstić information content (AvgIpc) is 2.79. The molecule has 3 heteroatoms. The van der Waals surface area contributed by atoms with Gasteiger partial charge in [-0.3, -0.25) is 4.98 Å². The molecule has 0 radical (unpaired) electrons. The van der Waals surface area contributed by atoms with Crippen LogP contribution in [0.5, 0.6) is 0 Å². The predicted molar refractivity (Wildman–Crippen MR) is 63.5 cm³/mol. The topological polar surface area (TPSA) is 33.1 Å². The summed E-state index contributed by atoms with van der Waals surface area (Å²) in [5, 5.41) is 10.00. The van der Waals surface area contributed by atoms with Crippen LogP contribution >= 0.6 is 15.9 Å². The Kier molecular flexibility index (Phi) is 2.86. The molecule has 1 aliphatic rings. The molecule has 0 aliphatic heterocycles. The number of aromatic nitrogens is 1. The highest BCUT2D eigenvalue weighted by Crippen LogP contribution is 2.53. The van der Waals surface area contributed by atoms with Gasteiger partial charge >= 0.3 is 0 Å². The Labute approximate surface area is 98.9 Å². The number of pyridine rings is 1. The van der Waals surface area contributed by atoms with Crippen molar-refractivity contribution in [3.63, 3.8) is 0 Å². The fourth-order valence-corrected chi connectivity index (χ4v) is 2.28. The summed E-state index contributed by atoms with van der Waals surface area (Å²) in [6.45, 7) is 4.41. The Morgan fingerprint density at radius 3 is 2.73 bits per heavy atom. The molecule has 1 aliphatic carbocycles. The molecule has 1 aromatic rings. The van der Waals surface area contributed by atoms with E-state index in [1.165, 1.54) is 0 Å². The lowest BCUT2D eigenvalue weighted by Crippen LogP contribution is -2.16. The first-order valence-electron chi connectivity index (χ1n) is 5.27. The van der Waals surface area contributed by atoms with Crippen LogP contribution in [0.1, 0.15) is 26.0 Å². The largest absolute Gasteiger partial charge is 0.392 e. The second kappa shape index (κ2) is 3.87. The maximum absolute atomic E-state index is 10.00. The number of aliphatic hydroxyl groups is 1. The highest BCUT2D eigenvalue weighted by Gasteiger charge is 2.49. The fourth-order valence-electron chi connectivity index (χ4n) is 2.05. The van der Waals surface area contributed by atoms with Crippen molar-refractivity contribution >= 4 is 15.9 Å². The molecule has 2 nitrogen and oxygen atoms in total. The lowest BCUT2D eigenvalue weighted by Gasteiger charge is -2.11. The number of aliphatic hydroxyl groups excluding tert-OH is 1. The zero-order valence-electron chi connectivity index (χ0n) is 9.07. The van der Waals surface area contributed by atoms with Gasteiger partial charge in [0.2, 0.25) is 0 Å². The third kappa shape index (κ3) is 2.58. The Balaban J connectivity index is 1.95. The number of hydrogen-bond donors (Lipinski definition) is 1. The Morgan fingerprint density at radius 1 is 1.60 bits per heavy atom. The van der Waals surface area contributed by atoms with Crippen molar-refractivity contribution in [1.82, 2.24) is 4.98 Å². The van der Waals surface area contributed by atoms with Crippen molar-refractivity contribution in [2.45, 2.75) is 32.8 Å². The number of nitrogens with zero attached hydrogens (tertiary/aromatic N) is 1. The minimum Gasteiger partial charge on any atom is -0.392 e. The number of hydrogen-bond acceptors (Lipinski definition) is 2. The summed E-state index contributed by atoms with van der Waals surface area (Å²) in [5.41, 5.74) is 1.29. The molecule has 2 rings (SSSR count). The molecular weight excluding hydrogens is 254 g/mol. The standard InChI is InChI=1S/C12H16BrNO/c1-12(2)6-10(12)11(15)5-9-4-3-8(13)7-14-9/h3-4,7,10-11,15H,5-6H2,1-2H3. The van der Waals surface area contributed by atoms with Crippen molar-refractivity contribution in [2.75, 3.05) is 0 Å². The summed E-state index contributed by atoms with van der Waals surface area (Å²) < 4.78 is 0.979. The lowest BCUT2D eigenvalue weighted by molar-refractivity contribution is 0.136. The molecule has 82 valence electrons. The SMILES string of the molecule is CC1(C)CC1C(O)Cc1ccc(Br)cn1. The summed E-state index contributed by atoms with van der Waals surface area (Å²) in [6.07, 6.45) is 3.33. The average molecular weight is 270 g/mol. The lowest BCUT2D eigenvalue weighted by atomic mass is 10.0. The van der Waals surface area contributed by atoms with Crippen molar-refractivity contribution in [3.8, 4) is 0 Å². The van der Waals surface area contributed by atoms with Crippen molar-refractivity contribution < 1.29 is 5.11 Å². The van der Waals surface area contributed by atoms with Gasteiger partial charge in [0.15, 0.2) is 0 Å². The molecular formula is C12H16BrNO. The zero-order valence-corrected chi connectivity index (χ0v) is 10.7. The van der Waals surface area contributed by atoms with Crippen LogP contribution in [0.25, 0.3) is 0 Å². The second-order valence-corrected chi connectivity index (χ2v) is 5.95. The maximum Gasteiger partial charge on any atom is 0.0629 e. The van der Waals surface area contributed by atoms with Crippen LogP contribution in [0.4, 0.5) is 0 Å². The highest BCUT2D eigenvalue weighted by molar-refractivity contribution is 9.10. The van der Waals surface area contributed by atoms with Gasteiger partial charge in [0.1, 0.15) is 0 Å². The van der Waals surface area contributed by atoms with Crippen molar-refractivity contribution in [3.05, 3.63) is 28.5 Å². The van der Waals surface area contributed by atoms with Gasteiger partial charge in [-0.05, 0) is 45.8 Å². The third-order valence-corrected chi connectivity index (χ3v) is 3.73. The highest BCUT2D eigenvalue weighted by atomic mass is 79.9. The Bertz CT molecular complexity index is 347. The van der Waals surface area contributed by atoms with Gasteiger partial charge in [0.25, 0.3) is 0 Å². The van der Waals surface area contributed by atoms with E-state index in [0.29, 0.717) is 17.8 Å². The van der Waals surface area contributed by atoms with Gasteiger partial charge in [-0.15, -0.1) is 0 Å². The molecule has 1 heterocycles. The third-order valence-electron chi connectivity index (χ3n) is 3.26. The van der Waals surface area contributed by atoms with Crippen LogP contribution in [-0.4, -0.2) is 16.2 Å². The van der Waals surface area contributed by atoms with Gasteiger partial charge in [-0.25, -0.2) is 0 Å². The van der Waals surface area contributed by atoms with Crippen LogP contribution in [0.3, 0.4) is 0 Å². The molecule has 0 amide bonds. The first-order chi connectivity index (χ1) is 6.99. The minimum atomic E-state index is -0.242. The smallest absolute Gasteiger partial charge is 0.0629 e. The monoisotopic (exact) mass is 269 g/mol. The van der Waals surface area contributed by atoms with Gasteiger partial charge in [-0.1, -0.05) is 13.8 Å². The molecule has 0 spiro atoms. The van der Waals surface area contributed by atoms with Gasteiger partial charge in [0.05, 0.1) is 6.10 Å². The van der Waals surface area contributed by atoms with E-state index in [1.807, 2.05) is 12.1 Å². The first kappa shape index (κ1) is 11.1. The molecule has 15 heavy (non-hydrogen) atoms. The van der Waals surface area contributed by atoms with Gasteiger partial charge < -0.3 is 5.11 Å². The van der Waals surface area contributed by atoms with E-state index in [1.54, 1.807) is 6.20 Å². The van der Waals surface area contributed by atoms with Crippen molar-refractivity contribution in [2.24, 2.45) is 11.3 Å². The first-order valence-corrected chi connectivity index (χ1v) is 6.07. The Morgan fingerprint density at radius 2 is 2.27 bits per heavy atom. The molecule has 0 saturated heterocycles. The fraction of sp³-hybridized carbons (Fsp3) is 0.583. The Hall–Kier alpha value is -0.410. The zero-order chi connectivity index (χ0) is 11.1. The summed E-state index contributed by atoms with van der Waals surface area (Å²) in [6, 6.07) is 3.93. The van der Waals surface area contributed by atoms with E-state index in [2.05, 4.69) is 34.8 Å². The second-order valence-electron chi connectivity index (χ2n) is 5.04. The van der Waals surface area contributed by atoms with E-state index in [4.69, 9.17) is 0 Å². The minimum absolute atomic E-state index is 0.242.